The number of rotatable bonds is 5. The summed E-state index contributed by atoms with van der Waals surface area (Å²) in [5.74, 6) is -0.126. The Balaban J connectivity index is 1.05. The first-order valence-electron chi connectivity index (χ1n) is 16.5. The fourth-order valence-electron chi connectivity index (χ4n) is 7.24. The van der Waals surface area contributed by atoms with Gasteiger partial charge in [-0.1, -0.05) is 54.1 Å². The van der Waals surface area contributed by atoms with Crippen molar-refractivity contribution in [2.24, 2.45) is 5.41 Å². The Kier molecular flexibility index (Phi) is 8.22. The Hall–Kier alpha value is -4.57. The molecule has 2 saturated heterocycles. The number of amides is 2. The van der Waals surface area contributed by atoms with Crippen LogP contribution in [0.25, 0.3) is 21.6 Å². The second kappa shape index (κ2) is 12.7. The fourth-order valence-corrected chi connectivity index (χ4v) is 8.86. The number of aryl methyl sites for hydroxylation is 1. The highest BCUT2D eigenvalue weighted by Crippen LogP contribution is 2.47. The number of aromatic nitrogens is 1. The van der Waals surface area contributed by atoms with E-state index < -0.39 is 11.7 Å². The standard InChI is InChI=1S/C39H34ClFN4O3S/c1-24-20-29(36(42-21-24)44-22-39(23-44)15-18-48-19-16-39)25-10-12-26(13-11-25)38(47)45-17-14-28-33(40)35(37(46)43-31-8-4-3-7-30(31)41)49-34(28)27-6-2-5-9-32(27)45/h2-13,20-21H,14-19,22-23H2,1H3,(H,43,46). The van der Waals surface area contributed by atoms with E-state index in [1.807, 2.05) is 54.7 Å². The highest BCUT2D eigenvalue weighted by atomic mass is 35.5. The fraction of sp³-hybridized carbons (Fsp3) is 0.256. The molecule has 248 valence electrons. The maximum absolute atomic E-state index is 14.3. The van der Waals surface area contributed by atoms with Crippen LogP contribution in [0.5, 0.6) is 0 Å². The Bertz CT molecular complexity index is 2080. The maximum Gasteiger partial charge on any atom is 0.267 e. The molecule has 0 bridgehead atoms. The van der Waals surface area contributed by atoms with Gasteiger partial charge in [0.25, 0.3) is 11.8 Å². The summed E-state index contributed by atoms with van der Waals surface area (Å²) in [5.41, 5.74) is 6.53. The van der Waals surface area contributed by atoms with E-state index in [1.165, 1.54) is 23.5 Å². The van der Waals surface area contributed by atoms with Crippen LogP contribution in [0.3, 0.4) is 0 Å². The van der Waals surface area contributed by atoms with Crippen molar-refractivity contribution in [2.75, 3.05) is 48.0 Å². The minimum absolute atomic E-state index is 0.0918. The lowest BCUT2D eigenvalue weighted by Crippen LogP contribution is -2.59. The minimum atomic E-state index is -0.520. The van der Waals surface area contributed by atoms with Crippen molar-refractivity contribution in [3.8, 4) is 21.6 Å². The van der Waals surface area contributed by atoms with E-state index in [0.29, 0.717) is 33.8 Å². The first-order chi connectivity index (χ1) is 23.8. The van der Waals surface area contributed by atoms with Crippen molar-refractivity contribution < 1.29 is 18.7 Å². The van der Waals surface area contributed by atoms with E-state index in [1.54, 1.807) is 17.0 Å². The van der Waals surface area contributed by atoms with Gasteiger partial charge in [-0.2, -0.15) is 0 Å². The lowest BCUT2D eigenvalue weighted by molar-refractivity contribution is -0.000417. The van der Waals surface area contributed by atoms with Crippen molar-refractivity contribution in [3.63, 3.8) is 0 Å². The number of hydrogen-bond acceptors (Lipinski definition) is 6. The van der Waals surface area contributed by atoms with Gasteiger partial charge in [0.05, 0.1) is 16.4 Å². The molecule has 2 amide bonds. The predicted octanol–water partition coefficient (Wildman–Crippen LogP) is 8.65. The molecule has 8 rings (SSSR count). The van der Waals surface area contributed by atoms with Crippen molar-refractivity contribution in [1.29, 1.82) is 0 Å². The third-order valence-corrected chi connectivity index (χ3v) is 11.7. The van der Waals surface area contributed by atoms with Gasteiger partial charge >= 0.3 is 0 Å². The van der Waals surface area contributed by atoms with Crippen LogP contribution in [-0.4, -0.2) is 49.6 Å². The van der Waals surface area contributed by atoms with Crippen LogP contribution in [0.4, 0.5) is 21.6 Å². The monoisotopic (exact) mass is 692 g/mol. The maximum atomic E-state index is 14.3. The quantitative estimate of drug-likeness (QED) is 0.200. The van der Waals surface area contributed by atoms with Gasteiger partial charge in [-0.25, -0.2) is 9.37 Å². The van der Waals surface area contributed by atoms with E-state index in [2.05, 4.69) is 23.2 Å². The molecule has 5 aromatic rings. The number of nitrogens with one attached hydrogen (secondary N) is 1. The third kappa shape index (κ3) is 5.79. The second-order valence-electron chi connectivity index (χ2n) is 13.1. The summed E-state index contributed by atoms with van der Waals surface area (Å²) >= 11 is 8.10. The molecule has 2 fully saturated rings. The minimum Gasteiger partial charge on any atom is -0.381 e. The van der Waals surface area contributed by atoms with Gasteiger partial charge in [0, 0.05) is 66.0 Å². The largest absolute Gasteiger partial charge is 0.381 e. The normalized spacial score (nSPS) is 16.4. The summed E-state index contributed by atoms with van der Waals surface area (Å²) in [5, 5.41) is 2.98. The number of ether oxygens (including phenoxy) is 1. The number of pyridine rings is 1. The van der Waals surface area contributed by atoms with E-state index in [0.717, 1.165) is 83.3 Å². The van der Waals surface area contributed by atoms with E-state index in [-0.39, 0.29) is 11.6 Å². The zero-order chi connectivity index (χ0) is 33.7. The molecule has 0 radical (unpaired) electrons. The number of nitrogens with zero attached hydrogens (tertiary/aromatic N) is 3. The molecule has 0 aliphatic carbocycles. The number of benzene rings is 3. The number of anilines is 3. The molecule has 0 saturated carbocycles. The lowest BCUT2D eigenvalue weighted by Gasteiger charge is -2.53. The molecule has 49 heavy (non-hydrogen) atoms. The number of halogens is 2. The Morgan fingerprint density at radius 3 is 2.49 bits per heavy atom. The predicted molar refractivity (Wildman–Crippen MR) is 194 cm³/mol. The first kappa shape index (κ1) is 31.7. The molecule has 0 atom stereocenters. The van der Waals surface area contributed by atoms with Crippen molar-refractivity contribution in [1.82, 2.24) is 4.98 Å². The third-order valence-electron chi connectivity index (χ3n) is 9.89. The first-order valence-corrected chi connectivity index (χ1v) is 17.7. The average Bonchev–Trinajstić information content (AvgIpc) is 3.34. The molecule has 7 nitrogen and oxygen atoms in total. The topological polar surface area (TPSA) is 74.8 Å². The van der Waals surface area contributed by atoms with Gasteiger partial charge in [-0.3, -0.25) is 9.59 Å². The van der Waals surface area contributed by atoms with Gasteiger partial charge in [0.2, 0.25) is 0 Å². The second-order valence-corrected chi connectivity index (χ2v) is 14.5. The summed E-state index contributed by atoms with van der Waals surface area (Å²) in [6.45, 7) is 6.05. The molecule has 10 heteroatoms. The molecule has 3 aliphatic heterocycles. The Morgan fingerprint density at radius 2 is 1.71 bits per heavy atom. The highest BCUT2D eigenvalue weighted by molar-refractivity contribution is 7.18. The number of para-hydroxylation sites is 2. The van der Waals surface area contributed by atoms with E-state index >= 15 is 0 Å². The lowest BCUT2D eigenvalue weighted by atomic mass is 9.73. The summed E-state index contributed by atoms with van der Waals surface area (Å²) < 4.78 is 19.9. The number of hydrogen-bond donors (Lipinski definition) is 1. The van der Waals surface area contributed by atoms with Gasteiger partial charge < -0.3 is 19.9 Å². The SMILES string of the molecule is Cc1cnc(N2CC3(CCOCC3)C2)c(-c2ccc(C(=O)N3CCc4c(sc(C(=O)Nc5ccccc5F)c4Cl)-c4ccccc43)cc2)c1. The van der Waals surface area contributed by atoms with Crippen molar-refractivity contribution >= 4 is 51.9 Å². The van der Waals surface area contributed by atoms with Crippen LogP contribution in [0.1, 0.15) is 44.0 Å². The van der Waals surface area contributed by atoms with Crippen LogP contribution in [0.15, 0.2) is 85.1 Å². The molecule has 1 spiro atoms. The van der Waals surface area contributed by atoms with Crippen LogP contribution in [-0.2, 0) is 11.2 Å². The molecule has 2 aromatic heterocycles. The Morgan fingerprint density at radius 1 is 0.980 bits per heavy atom. The van der Waals surface area contributed by atoms with Crippen LogP contribution in [0, 0.1) is 18.2 Å². The summed E-state index contributed by atoms with van der Waals surface area (Å²) in [4.78, 5) is 37.5. The molecule has 3 aromatic carbocycles. The zero-order valence-electron chi connectivity index (χ0n) is 27.0. The van der Waals surface area contributed by atoms with E-state index in [4.69, 9.17) is 21.3 Å². The van der Waals surface area contributed by atoms with Crippen LogP contribution >= 0.6 is 22.9 Å². The van der Waals surface area contributed by atoms with Crippen molar-refractivity contribution in [3.05, 3.63) is 117 Å². The van der Waals surface area contributed by atoms with E-state index in [9.17, 15) is 14.0 Å². The number of carbonyl (C=O) groups excluding carboxylic acids is 2. The number of carbonyl (C=O) groups is 2. The number of fused-ring (bicyclic) bond motifs is 3. The van der Waals surface area contributed by atoms with Gasteiger partial charge in [-0.05, 0) is 79.3 Å². The summed E-state index contributed by atoms with van der Waals surface area (Å²) in [7, 11) is 0. The molecule has 1 N–H and O–H groups in total. The van der Waals surface area contributed by atoms with Crippen LogP contribution in [0.2, 0.25) is 5.02 Å². The van der Waals surface area contributed by atoms with Crippen LogP contribution < -0.4 is 15.1 Å². The molecular weight excluding hydrogens is 659 g/mol. The van der Waals surface area contributed by atoms with Gasteiger partial charge in [0.1, 0.15) is 16.5 Å². The van der Waals surface area contributed by atoms with Crippen molar-refractivity contribution in [2.45, 2.75) is 26.2 Å². The Labute approximate surface area is 293 Å². The van der Waals surface area contributed by atoms with Gasteiger partial charge in [-0.15, -0.1) is 11.3 Å². The van der Waals surface area contributed by atoms with Gasteiger partial charge in [0.15, 0.2) is 0 Å². The molecule has 3 aliphatic rings. The summed E-state index contributed by atoms with van der Waals surface area (Å²) in [6.07, 6.45) is 4.56. The number of thiophene rings is 1. The average molecular weight is 693 g/mol. The molecular formula is C39H34ClFN4O3S. The molecule has 0 unspecified atom stereocenters. The highest BCUT2D eigenvalue weighted by Gasteiger charge is 2.45. The smallest absolute Gasteiger partial charge is 0.267 e. The summed E-state index contributed by atoms with van der Waals surface area (Å²) in [6, 6.07) is 23.7. The molecule has 5 heterocycles. The zero-order valence-corrected chi connectivity index (χ0v) is 28.5.